The van der Waals surface area contributed by atoms with E-state index in [4.69, 9.17) is 14.2 Å². The number of methoxy groups -OCH3 is 2. The molecule has 0 saturated carbocycles. The number of aromatic nitrogens is 2. The third-order valence-corrected chi connectivity index (χ3v) is 4.89. The van der Waals surface area contributed by atoms with Gasteiger partial charge in [0.1, 0.15) is 18.1 Å². The molecule has 0 unspecified atom stereocenters. The van der Waals surface area contributed by atoms with Crippen molar-refractivity contribution in [2.45, 2.75) is 6.61 Å². The van der Waals surface area contributed by atoms with Gasteiger partial charge in [-0.05, 0) is 35.4 Å². The summed E-state index contributed by atoms with van der Waals surface area (Å²) in [6.45, 7) is 0.326. The maximum absolute atomic E-state index is 12.3. The van der Waals surface area contributed by atoms with Gasteiger partial charge in [-0.2, -0.15) is 5.10 Å². The van der Waals surface area contributed by atoms with Crippen molar-refractivity contribution in [3.05, 3.63) is 72.3 Å². The molecule has 31 heavy (non-hydrogen) atoms. The molecule has 0 atom stereocenters. The van der Waals surface area contributed by atoms with Crippen LogP contribution in [0.1, 0.15) is 5.56 Å². The van der Waals surface area contributed by atoms with E-state index in [0.29, 0.717) is 18.2 Å². The van der Waals surface area contributed by atoms with E-state index < -0.39 is 0 Å². The minimum absolute atomic E-state index is 0.0512. The van der Waals surface area contributed by atoms with E-state index in [2.05, 4.69) is 15.5 Å². The van der Waals surface area contributed by atoms with Crippen LogP contribution in [0.5, 0.6) is 11.5 Å². The number of hydrogen-bond donors (Lipinski definition) is 2. The van der Waals surface area contributed by atoms with Gasteiger partial charge in [0, 0.05) is 17.0 Å². The van der Waals surface area contributed by atoms with Gasteiger partial charge in [0.05, 0.1) is 26.3 Å². The fourth-order valence-corrected chi connectivity index (χ4v) is 3.32. The Labute approximate surface area is 180 Å². The second kappa shape index (κ2) is 9.32. The Bertz CT molecular complexity index is 1190. The maximum Gasteiger partial charge on any atom is 0.251 e. The topological polar surface area (TPSA) is 85.5 Å². The number of hydrogen-bond acceptors (Lipinski definition) is 5. The van der Waals surface area contributed by atoms with E-state index in [-0.39, 0.29) is 12.5 Å². The zero-order chi connectivity index (χ0) is 21.6. The highest BCUT2D eigenvalue weighted by Gasteiger charge is 2.13. The normalized spacial score (nSPS) is 10.8. The molecule has 0 spiro atoms. The third kappa shape index (κ3) is 4.67. The number of amides is 1. The van der Waals surface area contributed by atoms with Crippen molar-refractivity contribution in [1.82, 2.24) is 10.2 Å². The van der Waals surface area contributed by atoms with Crippen molar-refractivity contribution in [3.63, 3.8) is 0 Å². The lowest BCUT2D eigenvalue weighted by molar-refractivity contribution is -0.121. The molecule has 0 fully saturated rings. The van der Waals surface area contributed by atoms with E-state index >= 15 is 0 Å². The lowest BCUT2D eigenvalue weighted by atomic mass is 10.0. The van der Waals surface area contributed by atoms with Crippen molar-refractivity contribution in [1.29, 1.82) is 0 Å². The van der Waals surface area contributed by atoms with Crippen LogP contribution in [0, 0.1) is 0 Å². The molecule has 1 amide bonds. The fourth-order valence-electron chi connectivity index (χ4n) is 3.32. The first-order valence-electron chi connectivity index (χ1n) is 9.80. The van der Waals surface area contributed by atoms with E-state index in [1.54, 1.807) is 14.2 Å². The van der Waals surface area contributed by atoms with E-state index in [9.17, 15) is 4.79 Å². The van der Waals surface area contributed by atoms with Gasteiger partial charge in [-0.15, -0.1) is 0 Å². The number of anilines is 1. The number of rotatable bonds is 8. The van der Waals surface area contributed by atoms with E-state index in [0.717, 1.165) is 33.3 Å². The number of carbonyl (C=O) groups excluding carboxylic acids is 1. The van der Waals surface area contributed by atoms with Crippen LogP contribution in [0.4, 0.5) is 5.82 Å². The zero-order valence-electron chi connectivity index (χ0n) is 17.3. The first kappa shape index (κ1) is 20.4. The second-order valence-electron chi connectivity index (χ2n) is 6.93. The second-order valence-corrected chi connectivity index (χ2v) is 6.93. The highest BCUT2D eigenvalue weighted by Crippen LogP contribution is 2.35. The van der Waals surface area contributed by atoms with Crippen LogP contribution >= 0.6 is 0 Å². The van der Waals surface area contributed by atoms with Crippen molar-refractivity contribution >= 4 is 22.6 Å². The van der Waals surface area contributed by atoms with Crippen LogP contribution in [-0.4, -0.2) is 36.9 Å². The predicted octanol–water partition coefficient (Wildman–Crippen LogP) is 4.40. The molecule has 0 saturated heterocycles. The van der Waals surface area contributed by atoms with Gasteiger partial charge in [0.25, 0.3) is 5.91 Å². The maximum atomic E-state index is 12.3. The standard InChI is InChI=1S/C24H23N3O4/c1-29-18-9-11-19(22(13-18)30-2)17-8-10-20-21(12-17)26-27-24(20)25-23(28)15-31-14-16-6-4-3-5-7-16/h3-13H,14-15H2,1-2H3,(H2,25,26,27,28). The molecule has 158 valence electrons. The van der Waals surface area contributed by atoms with Crippen molar-refractivity contribution < 1.29 is 19.0 Å². The molecule has 1 aromatic heterocycles. The third-order valence-electron chi connectivity index (χ3n) is 4.89. The summed E-state index contributed by atoms with van der Waals surface area (Å²) < 4.78 is 16.3. The monoisotopic (exact) mass is 417 g/mol. The molecule has 0 aliphatic carbocycles. The molecule has 2 N–H and O–H groups in total. The molecule has 4 rings (SSSR count). The van der Waals surface area contributed by atoms with E-state index in [1.807, 2.05) is 66.7 Å². The molecular weight excluding hydrogens is 394 g/mol. The predicted molar refractivity (Wildman–Crippen MR) is 119 cm³/mol. The minimum atomic E-state index is -0.259. The SMILES string of the molecule is COc1ccc(-c2ccc3c(NC(=O)COCc4ccccc4)n[nH]c3c2)c(OC)c1. The Morgan fingerprint density at radius 3 is 2.61 bits per heavy atom. The molecule has 0 aliphatic rings. The summed E-state index contributed by atoms with van der Waals surface area (Å²) >= 11 is 0. The van der Waals surface area contributed by atoms with Gasteiger partial charge in [-0.1, -0.05) is 36.4 Å². The first-order chi connectivity index (χ1) is 15.2. The molecule has 7 nitrogen and oxygen atoms in total. The largest absolute Gasteiger partial charge is 0.497 e. The highest BCUT2D eigenvalue weighted by molar-refractivity contribution is 6.01. The molecule has 1 heterocycles. The van der Waals surface area contributed by atoms with Crippen LogP contribution < -0.4 is 14.8 Å². The molecule has 0 radical (unpaired) electrons. The number of H-pyrrole nitrogens is 1. The molecule has 7 heteroatoms. The number of fused-ring (bicyclic) bond motifs is 1. The van der Waals surface area contributed by atoms with Gasteiger partial charge in [0.15, 0.2) is 5.82 Å². The zero-order valence-corrected chi connectivity index (χ0v) is 17.3. The van der Waals surface area contributed by atoms with Crippen LogP contribution in [0.25, 0.3) is 22.0 Å². The van der Waals surface area contributed by atoms with Crippen LogP contribution in [0.15, 0.2) is 66.7 Å². The minimum Gasteiger partial charge on any atom is -0.497 e. The van der Waals surface area contributed by atoms with Crippen LogP contribution in [-0.2, 0) is 16.1 Å². The smallest absolute Gasteiger partial charge is 0.251 e. The van der Waals surface area contributed by atoms with Crippen LogP contribution in [0.3, 0.4) is 0 Å². The lowest BCUT2D eigenvalue weighted by Crippen LogP contribution is -2.18. The summed E-state index contributed by atoms with van der Waals surface area (Å²) in [5.74, 6) is 1.65. The average Bonchev–Trinajstić information content (AvgIpc) is 3.21. The summed E-state index contributed by atoms with van der Waals surface area (Å²) in [5, 5.41) is 10.8. The van der Waals surface area contributed by atoms with Gasteiger partial charge >= 0.3 is 0 Å². The Morgan fingerprint density at radius 1 is 1.00 bits per heavy atom. The summed E-state index contributed by atoms with van der Waals surface area (Å²) in [7, 11) is 3.24. The Morgan fingerprint density at radius 2 is 1.84 bits per heavy atom. The first-order valence-corrected chi connectivity index (χ1v) is 9.80. The summed E-state index contributed by atoms with van der Waals surface area (Å²) in [6, 6.07) is 21.2. The molecule has 0 bridgehead atoms. The fraction of sp³-hybridized carbons (Fsp3) is 0.167. The van der Waals surface area contributed by atoms with E-state index in [1.165, 1.54) is 0 Å². The summed E-state index contributed by atoms with van der Waals surface area (Å²) in [5.41, 5.74) is 3.71. The van der Waals surface area contributed by atoms with Crippen molar-refractivity contribution in [2.24, 2.45) is 0 Å². The van der Waals surface area contributed by atoms with Gasteiger partial charge in [-0.3, -0.25) is 9.89 Å². The lowest BCUT2D eigenvalue weighted by Gasteiger charge is -2.10. The number of nitrogens with one attached hydrogen (secondary N) is 2. The Hall–Kier alpha value is -3.84. The number of nitrogens with zero attached hydrogens (tertiary/aromatic N) is 1. The van der Waals surface area contributed by atoms with Gasteiger partial charge in [0.2, 0.25) is 0 Å². The number of ether oxygens (including phenoxy) is 3. The summed E-state index contributed by atoms with van der Waals surface area (Å²) in [6.07, 6.45) is 0. The molecular formula is C24H23N3O4. The number of aromatic amines is 1. The molecule has 4 aromatic rings. The number of carbonyl (C=O) groups is 1. The van der Waals surface area contributed by atoms with Crippen molar-refractivity contribution in [2.75, 3.05) is 26.1 Å². The number of benzene rings is 3. The highest BCUT2D eigenvalue weighted by atomic mass is 16.5. The Balaban J connectivity index is 1.46. The summed E-state index contributed by atoms with van der Waals surface area (Å²) in [4.78, 5) is 12.3. The van der Waals surface area contributed by atoms with Gasteiger partial charge in [-0.25, -0.2) is 0 Å². The molecule has 3 aromatic carbocycles. The Kier molecular flexibility index (Phi) is 6.14. The average molecular weight is 417 g/mol. The molecule has 0 aliphatic heterocycles. The van der Waals surface area contributed by atoms with Gasteiger partial charge < -0.3 is 19.5 Å². The van der Waals surface area contributed by atoms with Crippen LogP contribution in [0.2, 0.25) is 0 Å². The van der Waals surface area contributed by atoms with Crippen molar-refractivity contribution in [3.8, 4) is 22.6 Å². The quantitative estimate of drug-likeness (QED) is 0.444.